The molecule has 0 aliphatic heterocycles. The van der Waals surface area contributed by atoms with Crippen molar-refractivity contribution in [3.63, 3.8) is 0 Å². The Morgan fingerprint density at radius 1 is 0.905 bits per heavy atom. The van der Waals surface area contributed by atoms with Crippen molar-refractivity contribution in [2.45, 2.75) is 0 Å². The quantitative estimate of drug-likeness (QED) is 0.488. The van der Waals surface area contributed by atoms with E-state index in [9.17, 15) is 0 Å². The van der Waals surface area contributed by atoms with Gasteiger partial charge in [-0.3, -0.25) is 15.4 Å². The molecule has 109 valence electrons. The Balaban J connectivity index is 0.00000106. The van der Waals surface area contributed by atoms with Gasteiger partial charge < -0.3 is 4.74 Å². The SMILES string of the molecule is N=COc1ccc(N=CC=Nc2cc[c-]cc2)cc1.[NH]=[Co]. The van der Waals surface area contributed by atoms with Gasteiger partial charge in [-0.15, -0.1) is 12.1 Å². The molecule has 2 rings (SSSR count). The number of ether oxygens (including phenoxy) is 1. The molecule has 0 aromatic heterocycles. The van der Waals surface area contributed by atoms with E-state index in [-0.39, 0.29) is 0 Å². The fourth-order valence-corrected chi connectivity index (χ4v) is 1.38. The summed E-state index contributed by atoms with van der Waals surface area (Å²) in [7, 11) is 0. The summed E-state index contributed by atoms with van der Waals surface area (Å²) < 4.78 is 10.3. The van der Waals surface area contributed by atoms with Crippen molar-refractivity contribution >= 4 is 30.2 Å². The van der Waals surface area contributed by atoms with Gasteiger partial charge in [0.15, 0.2) is 6.40 Å². The third kappa shape index (κ3) is 6.51. The van der Waals surface area contributed by atoms with Crippen molar-refractivity contribution in [1.82, 2.24) is 0 Å². The molecule has 0 radical (unpaired) electrons. The van der Waals surface area contributed by atoms with E-state index in [0.29, 0.717) is 5.75 Å². The Labute approximate surface area is 131 Å². The van der Waals surface area contributed by atoms with Crippen LogP contribution in [0, 0.1) is 15.9 Å². The van der Waals surface area contributed by atoms with E-state index in [0.717, 1.165) is 17.8 Å². The Morgan fingerprint density at radius 2 is 1.43 bits per heavy atom. The first-order valence-corrected chi connectivity index (χ1v) is 6.36. The van der Waals surface area contributed by atoms with Gasteiger partial charge in [-0.25, -0.2) is 0 Å². The van der Waals surface area contributed by atoms with E-state index in [1.54, 1.807) is 36.7 Å². The number of hydrogen-bond donors (Lipinski definition) is 2. The number of aliphatic imine (C=N–C) groups is 2. The molecule has 2 N–H and O–H groups in total. The van der Waals surface area contributed by atoms with Crippen molar-refractivity contribution in [2.24, 2.45) is 9.98 Å². The van der Waals surface area contributed by atoms with Gasteiger partial charge in [0.1, 0.15) is 5.75 Å². The second-order valence-corrected chi connectivity index (χ2v) is 3.54. The third-order valence-electron chi connectivity index (χ3n) is 2.25. The maximum absolute atomic E-state index is 6.81. The topological polar surface area (TPSA) is 81.7 Å². The van der Waals surface area contributed by atoms with E-state index < -0.39 is 0 Å². The van der Waals surface area contributed by atoms with Gasteiger partial charge in [0.25, 0.3) is 0 Å². The average Bonchev–Trinajstić information content (AvgIpc) is 2.56. The molecule has 0 saturated heterocycles. The number of nitrogens with zero attached hydrogens (tertiary/aromatic N) is 2. The van der Waals surface area contributed by atoms with Gasteiger partial charge in [0.05, 0.1) is 5.69 Å². The molecule has 0 saturated carbocycles. The Kier molecular flexibility index (Phi) is 8.19. The minimum atomic E-state index is 0.614. The molecule has 0 aliphatic rings. The zero-order chi connectivity index (χ0) is 15.3. The first-order chi connectivity index (χ1) is 10.4. The summed E-state index contributed by atoms with van der Waals surface area (Å²) in [6, 6.07) is 17.4. The average molecular weight is 324 g/mol. The molecule has 5 nitrogen and oxygen atoms in total. The summed E-state index contributed by atoms with van der Waals surface area (Å²) in [6.45, 7) is 0. The van der Waals surface area contributed by atoms with E-state index in [2.05, 4.69) is 31.6 Å². The number of hydrogen-bond acceptors (Lipinski definition) is 5. The Morgan fingerprint density at radius 3 is 1.95 bits per heavy atom. The van der Waals surface area contributed by atoms with Gasteiger partial charge in [0, 0.05) is 12.4 Å². The molecule has 0 fully saturated rings. The van der Waals surface area contributed by atoms with Crippen LogP contribution in [-0.4, -0.2) is 18.8 Å². The van der Waals surface area contributed by atoms with Crippen LogP contribution >= 0.6 is 0 Å². The summed E-state index contributed by atoms with van der Waals surface area (Å²) in [5, 5.41) is 6.81. The molecule has 0 bridgehead atoms. The van der Waals surface area contributed by atoms with Crippen LogP contribution in [0.1, 0.15) is 0 Å². The van der Waals surface area contributed by atoms with Crippen LogP contribution in [0.3, 0.4) is 0 Å². The molecule has 21 heavy (non-hydrogen) atoms. The second kappa shape index (κ2) is 10.4. The monoisotopic (exact) mass is 324 g/mol. The number of rotatable bonds is 5. The van der Waals surface area contributed by atoms with Gasteiger partial charge in [-0.05, 0) is 30.0 Å². The van der Waals surface area contributed by atoms with Gasteiger partial charge in [-0.2, -0.15) is 18.2 Å². The fourth-order valence-electron chi connectivity index (χ4n) is 1.38. The summed E-state index contributed by atoms with van der Waals surface area (Å²) in [6.07, 6.45) is 4.16. The van der Waals surface area contributed by atoms with Gasteiger partial charge in [0.2, 0.25) is 0 Å². The minimum absolute atomic E-state index is 0.614. The molecule has 2 aromatic carbocycles. The fraction of sp³-hybridized carbons (Fsp3) is 0. The first-order valence-electron chi connectivity index (χ1n) is 5.83. The summed E-state index contributed by atoms with van der Waals surface area (Å²) >= 11 is 2.81. The summed E-state index contributed by atoms with van der Waals surface area (Å²) in [4.78, 5) is 8.45. The van der Waals surface area contributed by atoms with Crippen LogP contribution in [0.25, 0.3) is 0 Å². The predicted molar refractivity (Wildman–Crippen MR) is 80.2 cm³/mol. The van der Waals surface area contributed by atoms with Crippen molar-refractivity contribution < 1.29 is 20.3 Å². The van der Waals surface area contributed by atoms with Crippen LogP contribution in [0.2, 0.25) is 0 Å². The van der Waals surface area contributed by atoms with Crippen molar-refractivity contribution in [1.29, 1.82) is 9.82 Å². The van der Waals surface area contributed by atoms with Crippen LogP contribution in [-0.2, 0) is 15.5 Å². The molecule has 6 heteroatoms. The first kappa shape index (κ1) is 16.6. The second-order valence-electron chi connectivity index (χ2n) is 3.54. The molecule has 0 amide bonds. The summed E-state index contributed by atoms with van der Waals surface area (Å²) in [5.41, 5.74) is 1.66. The van der Waals surface area contributed by atoms with Crippen molar-refractivity contribution in [2.75, 3.05) is 0 Å². The van der Waals surface area contributed by atoms with Crippen molar-refractivity contribution in [3.05, 3.63) is 54.6 Å². The molecule has 0 spiro atoms. The molecule has 0 unspecified atom stereocenters. The summed E-state index contributed by atoms with van der Waals surface area (Å²) in [5.74, 6) is 0.614. The molecule has 0 aliphatic carbocycles. The molecule has 2 aromatic rings. The van der Waals surface area contributed by atoms with E-state index >= 15 is 0 Å². The molecular formula is C15H13CoN4O-. The van der Waals surface area contributed by atoms with Gasteiger partial charge in [-0.1, -0.05) is 0 Å². The molecular weight excluding hydrogens is 311 g/mol. The Hall–Kier alpha value is -2.44. The van der Waals surface area contributed by atoms with Crippen LogP contribution in [0.5, 0.6) is 5.75 Å². The third-order valence-corrected chi connectivity index (χ3v) is 2.25. The number of benzene rings is 2. The van der Waals surface area contributed by atoms with E-state index in [1.165, 1.54) is 0 Å². The van der Waals surface area contributed by atoms with Crippen LogP contribution < -0.4 is 4.74 Å². The predicted octanol–water partition coefficient (Wildman–Crippen LogP) is 3.87. The molecule has 0 heterocycles. The molecule has 0 atom stereocenters. The Bertz CT molecular complexity index is 597. The maximum atomic E-state index is 6.81. The number of nitrogens with one attached hydrogen (secondary N) is 2. The zero-order valence-electron chi connectivity index (χ0n) is 11.0. The van der Waals surface area contributed by atoms with Crippen LogP contribution in [0.4, 0.5) is 11.4 Å². The normalized spacial score (nSPS) is 10.1. The zero-order valence-corrected chi connectivity index (χ0v) is 12.0. The standard InChI is InChI=1S/C15H12N3O.Co.HN/c16-12-19-15-8-6-14(7-9-15)18-11-10-17-13-4-2-1-3-5-13;;/h2-12,16H;;1H/q-1;;. The van der Waals surface area contributed by atoms with E-state index in [1.807, 2.05) is 24.3 Å². The van der Waals surface area contributed by atoms with Crippen LogP contribution in [0.15, 0.2) is 58.5 Å². The van der Waals surface area contributed by atoms with Crippen molar-refractivity contribution in [3.8, 4) is 5.75 Å². The van der Waals surface area contributed by atoms with E-state index in [4.69, 9.17) is 14.6 Å². The van der Waals surface area contributed by atoms with Gasteiger partial charge >= 0.3 is 20.0 Å².